The van der Waals surface area contributed by atoms with Crippen molar-refractivity contribution >= 4 is 34.7 Å². The van der Waals surface area contributed by atoms with Gasteiger partial charge in [-0.3, -0.25) is 19.3 Å². The Hall–Kier alpha value is -3.45. The van der Waals surface area contributed by atoms with Crippen molar-refractivity contribution in [2.24, 2.45) is 0 Å². The molecule has 0 fully saturated rings. The Labute approximate surface area is 211 Å². The van der Waals surface area contributed by atoms with E-state index in [4.69, 9.17) is 0 Å². The number of carbonyl (C=O) groups excluding carboxylic acids is 3. The summed E-state index contributed by atoms with van der Waals surface area (Å²) in [7, 11) is 0. The quantitative estimate of drug-likeness (QED) is 0.433. The van der Waals surface area contributed by atoms with Gasteiger partial charge >= 0.3 is 0 Å². The molecule has 2 N–H and O–H groups in total. The van der Waals surface area contributed by atoms with Crippen molar-refractivity contribution in [3.05, 3.63) is 87.6 Å². The van der Waals surface area contributed by atoms with Gasteiger partial charge < -0.3 is 10.6 Å². The van der Waals surface area contributed by atoms with Gasteiger partial charge in [-0.1, -0.05) is 61.0 Å². The van der Waals surface area contributed by atoms with E-state index in [2.05, 4.69) is 10.6 Å². The van der Waals surface area contributed by atoms with Gasteiger partial charge in [-0.2, -0.15) is 0 Å². The van der Waals surface area contributed by atoms with E-state index in [1.807, 2.05) is 88.5 Å². The van der Waals surface area contributed by atoms with Gasteiger partial charge in [0, 0.05) is 11.2 Å². The molecule has 0 spiro atoms. The van der Waals surface area contributed by atoms with Crippen LogP contribution in [0, 0.1) is 13.8 Å². The van der Waals surface area contributed by atoms with Crippen molar-refractivity contribution < 1.29 is 14.4 Å². The van der Waals surface area contributed by atoms with Crippen molar-refractivity contribution in [3.63, 3.8) is 0 Å². The highest BCUT2D eigenvalue weighted by molar-refractivity contribution is 7.12. The zero-order valence-corrected chi connectivity index (χ0v) is 21.7. The maximum atomic E-state index is 13.8. The van der Waals surface area contributed by atoms with Crippen LogP contribution in [0.4, 0.5) is 5.69 Å². The molecular formula is C28H33N3O3S. The highest BCUT2D eigenvalue weighted by Crippen LogP contribution is 2.31. The number of benzene rings is 2. The van der Waals surface area contributed by atoms with Gasteiger partial charge in [0.25, 0.3) is 5.91 Å². The van der Waals surface area contributed by atoms with E-state index < -0.39 is 11.6 Å². The van der Waals surface area contributed by atoms with E-state index in [1.165, 1.54) is 16.2 Å². The molecule has 1 atom stereocenters. The van der Waals surface area contributed by atoms with E-state index in [9.17, 15) is 14.4 Å². The van der Waals surface area contributed by atoms with Crippen LogP contribution >= 0.6 is 11.3 Å². The van der Waals surface area contributed by atoms with Crippen LogP contribution in [0.2, 0.25) is 0 Å². The maximum Gasteiger partial charge on any atom is 0.261 e. The first-order valence-electron chi connectivity index (χ1n) is 11.7. The Kier molecular flexibility index (Phi) is 8.46. The minimum atomic E-state index is -0.909. The SMILES string of the molecule is CCC(C)(C)NC(=O)C(c1ccc(C)cc1)N(C(=O)CNC(=O)c1cccs1)c1ccccc1C. The summed E-state index contributed by atoms with van der Waals surface area (Å²) in [5.41, 5.74) is 2.77. The van der Waals surface area contributed by atoms with Gasteiger partial charge in [-0.05, 0) is 62.8 Å². The normalized spacial score (nSPS) is 12.0. The van der Waals surface area contributed by atoms with Crippen LogP contribution in [-0.2, 0) is 9.59 Å². The van der Waals surface area contributed by atoms with Crippen molar-refractivity contribution in [2.45, 2.75) is 52.6 Å². The number of para-hydroxylation sites is 1. The summed E-state index contributed by atoms with van der Waals surface area (Å²) in [6.45, 7) is 9.56. The molecule has 3 aromatic rings. The second-order valence-electron chi connectivity index (χ2n) is 9.25. The summed E-state index contributed by atoms with van der Waals surface area (Å²) in [5.74, 6) is -0.970. The number of nitrogens with one attached hydrogen (secondary N) is 2. The van der Waals surface area contributed by atoms with E-state index in [0.29, 0.717) is 16.1 Å². The monoisotopic (exact) mass is 491 g/mol. The number of hydrogen-bond acceptors (Lipinski definition) is 4. The lowest BCUT2D eigenvalue weighted by Gasteiger charge is -2.35. The van der Waals surface area contributed by atoms with Crippen LogP contribution in [0.15, 0.2) is 66.0 Å². The fraction of sp³-hybridized carbons (Fsp3) is 0.321. The molecule has 1 aromatic heterocycles. The van der Waals surface area contributed by atoms with Crippen LogP contribution in [0.3, 0.4) is 0 Å². The molecule has 0 aliphatic carbocycles. The molecule has 0 aliphatic heterocycles. The third-order valence-corrected chi connectivity index (χ3v) is 6.90. The molecule has 6 nitrogen and oxygen atoms in total. The topological polar surface area (TPSA) is 78.5 Å². The smallest absolute Gasteiger partial charge is 0.261 e. The number of carbonyl (C=O) groups is 3. The number of anilines is 1. The molecule has 0 saturated heterocycles. The number of aryl methyl sites for hydroxylation is 2. The number of amides is 3. The minimum Gasteiger partial charge on any atom is -0.349 e. The number of rotatable bonds is 9. The summed E-state index contributed by atoms with van der Waals surface area (Å²) in [4.78, 5) is 42.1. The van der Waals surface area contributed by atoms with E-state index in [1.54, 1.807) is 12.1 Å². The largest absolute Gasteiger partial charge is 0.349 e. The summed E-state index contributed by atoms with van der Waals surface area (Å²) >= 11 is 1.31. The molecule has 184 valence electrons. The Morgan fingerprint density at radius 2 is 1.66 bits per heavy atom. The Bertz CT molecular complexity index is 1170. The molecule has 1 unspecified atom stereocenters. The Morgan fingerprint density at radius 1 is 0.971 bits per heavy atom. The molecule has 0 bridgehead atoms. The van der Waals surface area contributed by atoms with Gasteiger partial charge in [0.2, 0.25) is 11.8 Å². The lowest BCUT2D eigenvalue weighted by Crippen LogP contribution is -2.52. The van der Waals surface area contributed by atoms with E-state index in [0.717, 1.165) is 17.5 Å². The third-order valence-electron chi connectivity index (χ3n) is 6.03. The fourth-order valence-electron chi connectivity index (χ4n) is 3.64. The number of hydrogen-bond donors (Lipinski definition) is 2. The Morgan fingerprint density at radius 3 is 2.26 bits per heavy atom. The summed E-state index contributed by atoms with van der Waals surface area (Å²) in [5, 5.41) is 7.64. The number of nitrogens with zero attached hydrogens (tertiary/aromatic N) is 1. The molecule has 7 heteroatoms. The van der Waals surface area contributed by atoms with Crippen molar-refractivity contribution in [2.75, 3.05) is 11.4 Å². The second kappa shape index (κ2) is 11.3. The van der Waals surface area contributed by atoms with Gasteiger partial charge in [0.15, 0.2) is 0 Å². The molecule has 0 aliphatic rings. The minimum absolute atomic E-state index is 0.238. The van der Waals surface area contributed by atoms with E-state index >= 15 is 0 Å². The molecule has 35 heavy (non-hydrogen) atoms. The molecular weight excluding hydrogens is 458 g/mol. The predicted octanol–water partition coefficient (Wildman–Crippen LogP) is 5.17. The molecule has 1 heterocycles. The summed E-state index contributed by atoms with van der Waals surface area (Å²) < 4.78 is 0. The zero-order chi connectivity index (χ0) is 25.6. The Balaban J connectivity index is 2.04. The maximum absolute atomic E-state index is 13.8. The molecule has 0 radical (unpaired) electrons. The lowest BCUT2D eigenvalue weighted by atomic mass is 9.97. The standard InChI is InChI=1S/C28H33N3O3S/c1-6-28(4,5)30-27(34)25(21-15-13-19(2)14-16-21)31(22-11-8-7-10-20(22)3)24(32)18-29-26(33)23-12-9-17-35-23/h7-17,25H,6,18H2,1-5H3,(H,29,33)(H,30,34). The molecule has 3 amide bonds. The van der Waals surface area contributed by atoms with Crippen LogP contribution < -0.4 is 15.5 Å². The molecule has 2 aromatic carbocycles. The third kappa shape index (κ3) is 6.57. The first kappa shape index (κ1) is 26.2. The highest BCUT2D eigenvalue weighted by Gasteiger charge is 2.35. The lowest BCUT2D eigenvalue weighted by molar-refractivity contribution is -0.127. The van der Waals surface area contributed by atoms with Crippen molar-refractivity contribution in [1.82, 2.24) is 10.6 Å². The zero-order valence-electron chi connectivity index (χ0n) is 20.9. The van der Waals surface area contributed by atoms with Crippen LogP contribution in [0.1, 0.15) is 59.6 Å². The first-order chi connectivity index (χ1) is 16.6. The average molecular weight is 492 g/mol. The first-order valence-corrected chi connectivity index (χ1v) is 12.6. The van der Waals surface area contributed by atoms with Gasteiger partial charge in [-0.15, -0.1) is 11.3 Å². The average Bonchev–Trinajstić information content (AvgIpc) is 3.37. The van der Waals surface area contributed by atoms with Crippen LogP contribution in [0.5, 0.6) is 0 Å². The highest BCUT2D eigenvalue weighted by atomic mass is 32.1. The second-order valence-corrected chi connectivity index (χ2v) is 10.2. The molecule has 3 rings (SSSR count). The van der Waals surface area contributed by atoms with Crippen LogP contribution in [0.25, 0.3) is 0 Å². The van der Waals surface area contributed by atoms with Gasteiger partial charge in [-0.25, -0.2) is 0 Å². The van der Waals surface area contributed by atoms with E-state index in [-0.39, 0.29) is 24.3 Å². The van der Waals surface area contributed by atoms with Gasteiger partial charge in [0.05, 0.1) is 11.4 Å². The number of thiophene rings is 1. The summed E-state index contributed by atoms with van der Waals surface area (Å²) in [6, 6.07) is 17.7. The fourth-order valence-corrected chi connectivity index (χ4v) is 4.28. The molecule has 0 saturated carbocycles. The summed E-state index contributed by atoms with van der Waals surface area (Å²) in [6.07, 6.45) is 0.731. The van der Waals surface area contributed by atoms with Crippen LogP contribution in [-0.4, -0.2) is 29.8 Å². The van der Waals surface area contributed by atoms with Crippen molar-refractivity contribution in [3.8, 4) is 0 Å². The van der Waals surface area contributed by atoms with Crippen molar-refractivity contribution in [1.29, 1.82) is 0 Å². The predicted molar refractivity (Wildman–Crippen MR) is 142 cm³/mol. The van der Waals surface area contributed by atoms with Gasteiger partial charge in [0.1, 0.15) is 6.04 Å².